The van der Waals surface area contributed by atoms with E-state index in [0.29, 0.717) is 12.4 Å². The number of anilines is 1. The van der Waals surface area contributed by atoms with Crippen molar-refractivity contribution < 1.29 is 8.83 Å². The SMILES string of the molecule is c1cc(NCc2ccco2)cc(-c2nnco2)c1. The third kappa shape index (κ3) is 2.24. The van der Waals surface area contributed by atoms with Gasteiger partial charge >= 0.3 is 0 Å². The fraction of sp³-hybridized carbons (Fsp3) is 0.0769. The molecule has 3 aromatic rings. The first kappa shape index (κ1) is 10.6. The van der Waals surface area contributed by atoms with Crippen molar-refractivity contribution in [2.45, 2.75) is 6.54 Å². The van der Waals surface area contributed by atoms with E-state index in [9.17, 15) is 0 Å². The molecule has 2 heterocycles. The van der Waals surface area contributed by atoms with Crippen molar-refractivity contribution in [1.29, 1.82) is 0 Å². The summed E-state index contributed by atoms with van der Waals surface area (Å²) in [6, 6.07) is 11.6. The van der Waals surface area contributed by atoms with E-state index in [-0.39, 0.29) is 0 Å². The summed E-state index contributed by atoms with van der Waals surface area (Å²) >= 11 is 0. The molecule has 0 aliphatic heterocycles. The molecule has 0 saturated heterocycles. The summed E-state index contributed by atoms with van der Waals surface area (Å²) in [7, 11) is 0. The van der Waals surface area contributed by atoms with Gasteiger partial charge < -0.3 is 14.2 Å². The second kappa shape index (κ2) is 4.75. The lowest BCUT2D eigenvalue weighted by Gasteiger charge is -2.05. The van der Waals surface area contributed by atoms with E-state index in [1.54, 1.807) is 6.26 Å². The zero-order valence-corrected chi connectivity index (χ0v) is 9.54. The lowest BCUT2D eigenvalue weighted by Crippen LogP contribution is -1.97. The summed E-state index contributed by atoms with van der Waals surface area (Å²) in [6.45, 7) is 0.639. The van der Waals surface area contributed by atoms with Crippen molar-refractivity contribution in [3.63, 3.8) is 0 Å². The molecule has 0 unspecified atom stereocenters. The first-order valence-corrected chi connectivity index (χ1v) is 5.55. The summed E-state index contributed by atoms with van der Waals surface area (Å²) in [6.07, 6.45) is 2.98. The molecule has 5 heteroatoms. The molecule has 0 saturated carbocycles. The highest BCUT2D eigenvalue weighted by atomic mass is 16.4. The van der Waals surface area contributed by atoms with Crippen LogP contribution >= 0.6 is 0 Å². The Bertz CT molecular complexity index is 603. The Kier molecular flexibility index (Phi) is 2.79. The van der Waals surface area contributed by atoms with Crippen LogP contribution < -0.4 is 5.32 Å². The Balaban J connectivity index is 1.75. The maximum absolute atomic E-state index is 5.25. The van der Waals surface area contributed by atoms with Crippen molar-refractivity contribution >= 4 is 5.69 Å². The van der Waals surface area contributed by atoms with Gasteiger partial charge in [0.1, 0.15) is 5.76 Å². The van der Waals surface area contributed by atoms with Gasteiger partial charge in [0.05, 0.1) is 12.8 Å². The Morgan fingerprint density at radius 2 is 2.11 bits per heavy atom. The number of aromatic nitrogens is 2. The molecular weight excluding hydrogens is 230 g/mol. The van der Waals surface area contributed by atoms with Crippen molar-refractivity contribution in [1.82, 2.24) is 10.2 Å². The van der Waals surface area contributed by atoms with Gasteiger partial charge in [-0.1, -0.05) is 6.07 Å². The van der Waals surface area contributed by atoms with Crippen LogP contribution in [0.4, 0.5) is 5.69 Å². The minimum absolute atomic E-state index is 0.511. The van der Waals surface area contributed by atoms with Gasteiger partial charge in [-0.15, -0.1) is 10.2 Å². The summed E-state index contributed by atoms with van der Waals surface area (Å²) in [4.78, 5) is 0. The Labute approximate surface area is 103 Å². The van der Waals surface area contributed by atoms with Gasteiger partial charge in [0, 0.05) is 11.3 Å². The van der Waals surface area contributed by atoms with E-state index in [2.05, 4.69) is 15.5 Å². The molecule has 0 bridgehead atoms. The van der Waals surface area contributed by atoms with Gasteiger partial charge in [0.25, 0.3) is 0 Å². The molecule has 0 fully saturated rings. The standard InChI is InChI=1S/C13H11N3O2/c1-3-10(13-16-15-9-18-13)7-11(4-1)14-8-12-5-2-6-17-12/h1-7,9,14H,8H2. The van der Waals surface area contributed by atoms with Crippen LogP contribution in [0.3, 0.4) is 0 Å². The maximum Gasteiger partial charge on any atom is 0.247 e. The monoisotopic (exact) mass is 241 g/mol. The summed E-state index contributed by atoms with van der Waals surface area (Å²) in [5.74, 6) is 1.40. The smallest absolute Gasteiger partial charge is 0.247 e. The number of benzene rings is 1. The van der Waals surface area contributed by atoms with E-state index in [1.807, 2.05) is 36.4 Å². The first-order chi connectivity index (χ1) is 8.92. The van der Waals surface area contributed by atoms with Crippen LogP contribution in [0.15, 0.2) is 57.9 Å². The minimum Gasteiger partial charge on any atom is -0.467 e. The number of nitrogens with zero attached hydrogens (tertiary/aromatic N) is 2. The second-order valence-electron chi connectivity index (χ2n) is 3.76. The number of nitrogens with one attached hydrogen (secondary N) is 1. The van der Waals surface area contributed by atoms with Gasteiger partial charge in [-0.05, 0) is 30.3 Å². The number of hydrogen-bond acceptors (Lipinski definition) is 5. The summed E-state index contributed by atoms with van der Waals surface area (Å²) in [5, 5.41) is 10.8. The third-order valence-electron chi connectivity index (χ3n) is 2.52. The van der Waals surface area contributed by atoms with Crippen molar-refractivity contribution in [3.8, 4) is 11.5 Å². The fourth-order valence-corrected chi connectivity index (χ4v) is 1.66. The van der Waals surface area contributed by atoms with Gasteiger partial charge in [0.2, 0.25) is 12.3 Å². The normalized spacial score (nSPS) is 10.4. The molecule has 0 aliphatic carbocycles. The molecule has 0 atom stereocenters. The van der Waals surface area contributed by atoms with Crippen LogP contribution in [-0.4, -0.2) is 10.2 Å². The second-order valence-corrected chi connectivity index (χ2v) is 3.76. The molecule has 0 spiro atoms. The molecule has 5 nitrogen and oxygen atoms in total. The van der Waals surface area contributed by atoms with Crippen molar-refractivity contribution in [2.75, 3.05) is 5.32 Å². The van der Waals surface area contributed by atoms with Gasteiger partial charge in [0.15, 0.2) is 0 Å². The minimum atomic E-state index is 0.511. The number of rotatable bonds is 4. The maximum atomic E-state index is 5.25. The van der Waals surface area contributed by atoms with Crippen molar-refractivity contribution in [2.24, 2.45) is 0 Å². The van der Waals surface area contributed by atoms with E-state index >= 15 is 0 Å². The topological polar surface area (TPSA) is 64.1 Å². The molecule has 1 aromatic carbocycles. The molecule has 2 aromatic heterocycles. The van der Waals surface area contributed by atoms with Crippen LogP contribution in [0.2, 0.25) is 0 Å². The van der Waals surface area contributed by atoms with Crippen LogP contribution in [0.1, 0.15) is 5.76 Å². The van der Waals surface area contributed by atoms with E-state index in [0.717, 1.165) is 17.0 Å². The average molecular weight is 241 g/mol. The van der Waals surface area contributed by atoms with E-state index in [1.165, 1.54) is 6.39 Å². The van der Waals surface area contributed by atoms with Crippen LogP contribution in [0, 0.1) is 0 Å². The number of furan rings is 1. The molecule has 90 valence electrons. The summed E-state index contributed by atoms with van der Waals surface area (Å²) in [5.41, 5.74) is 1.86. The largest absolute Gasteiger partial charge is 0.467 e. The molecule has 0 aliphatic rings. The summed E-state index contributed by atoms with van der Waals surface area (Å²) < 4.78 is 10.4. The lowest BCUT2D eigenvalue weighted by atomic mass is 10.2. The highest BCUT2D eigenvalue weighted by Gasteiger charge is 2.04. The quantitative estimate of drug-likeness (QED) is 0.760. The zero-order chi connectivity index (χ0) is 12.2. The van der Waals surface area contributed by atoms with E-state index < -0.39 is 0 Å². The molecule has 18 heavy (non-hydrogen) atoms. The Hall–Kier alpha value is -2.56. The Morgan fingerprint density at radius 3 is 2.89 bits per heavy atom. The molecule has 0 amide bonds. The highest BCUT2D eigenvalue weighted by molar-refractivity contribution is 5.60. The van der Waals surface area contributed by atoms with E-state index in [4.69, 9.17) is 8.83 Å². The number of hydrogen-bond donors (Lipinski definition) is 1. The lowest BCUT2D eigenvalue weighted by molar-refractivity contribution is 0.518. The Morgan fingerprint density at radius 1 is 1.11 bits per heavy atom. The van der Waals surface area contributed by atoms with Crippen LogP contribution in [0.25, 0.3) is 11.5 Å². The highest BCUT2D eigenvalue weighted by Crippen LogP contribution is 2.20. The fourth-order valence-electron chi connectivity index (χ4n) is 1.66. The molecule has 3 rings (SSSR count). The molecule has 1 N–H and O–H groups in total. The van der Waals surface area contributed by atoms with Gasteiger partial charge in [-0.3, -0.25) is 0 Å². The zero-order valence-electron chi connectivity index (χ0n) is 9.54. The predicted octanol–water partition coefficient (Wildman–Crippen LogP) is 2.94. The van der Waals surface area contributed by atoms with Crippen LogP contribution in [-0.2, 0) is 6.54 Å². The first-order valence-electron chi connectivity index (χ1n) is 5.55. The van der Waals surface area contributed by atoms with Gasteiger partial charge in [-0.2, -0.15) is 0 Å². The molecule has 0 radical (unpaired) electrons. The predicted molar refractivity (Wildman–Crippen MR) is 65.8 cm³/mol. The molecular formula is C13H11N3O2. The average Bonchev–Trinajstić information content (AvgIpc) is 3.10. The van der Waals surface area contributed by atoms with Crippen molar-refractivity contribution in [3.05, 3.63) is 54.8 Å². The third-order valence-corrected chi connectivity index (χ3v) is 2.52. The van der Waals surface area contributed by atoms with Crippen LogP contribution in [0.5, 0.6) is 0 Å². The van der Waals surface area contributed by atoms with Gasteiger partial charge in [-0.25, -0.2) is 0 Å².